The molecule has 2 aromatic rings. The zero-order valence-electron chi connectivity index (χ0n) is 14.9. The molecule has 1 heterocycles. The Hall–Kier alpha value is -2.53. The van der Waals surface area contributed by atoms with Crippen molar-refractivity contribution in [1.82, 2.24) is 4.57 Å². The summed E-state index contributed by atoms with van der Waals surface area (Å²) in [6.07, 6.45) is 0. The van der Waals surface area contributed by atoms with Crippen LogP contribution in [0.5, 0.6) is 5.75 Å². The molecule has 0 saturated carbocycles. The molecule has 0 aliphatic heterocycles. The Balaban J connectivity index is 2.54. The van der Waals surface area contributed by atoms with E-state index in [1.165, 1.54) is 11.7 Å². The third-order valence-corrected chi connectivity index (χ3v) is 6.00. The molecule has 0 saturated heterocycles. The van der Waals surface area contributed by atoms with E-state index in [0.29, 0.717) is 16.0 Å². The van der Waals surface area contributed by atoms with Gasteiger partial charge in [0.2, 0.25) is 15.0 Å². The summed E-state index contributed by atoms with van der Waals surface area (Å²) in [6, 6.07) is 5.08. The molecule has 1 aromatic heterocycles. The molecule has 0 atom stereocenters. The van der Waals surface area contributed by atoms with E-state index in [1.54, 1.807) is 25.1 Å². The van der Waals surface area contributed by atoms with Gasteiger partial charge in [-0.25, -0.2) is 8.42 Å². The number of thiazole rings is 1. The predicted molar refractivity (Wildman–Crippen MR) is 98.0 cm³/mol. The van der Waals surface area contributed by atoms with Crippen molar-refractivity contribution in [3.05, 3.63) is 23.0 Å². The maximum atomic E-state index is 12.1. The Morgan fingerprint density at radius 2 is 1.96 bits per heavy atom. The van der Waals surface area contributed by atoms with Crippen LogP contribution in [0, 0.1) is 0 Å². The molecule has 11 heteroatoms. The summed E-state index contributed by atoms with van der Waals surface area (Å²) in [6.45, 7) is 2.53. The second kappa shape index (κ2) is 8.44. The summed E-state index contributed by atoms with van der Waals surface area (Å²) >= 11 is 1.08. The van der Waals surface area contributed by atoms with Crippen molar-refractivity contribution in [3.63, 3.8) is 0 Å². The number of aromatic nitrogens is 1. The van der Waals surface area contributed by atoms with E-state index >= 15 is 0 Å². The van der Waals surface area contributed by atoms with Gasteiger partial charge in [0.1, 0.15) is 18.0 Å². The van der Waals surface area contributed by atoms with Crippen molar-refractivity contribution in [3.8, 4) is 5.75 Å². The molecule has 2 rings (SSSR count). The normalized spacial score (nSPS) is 12.2. The van der Waals surface area contributed by atoms with Gasteiger partial charge in [0.15, 0.2) is 4.80 Å². The highest BCUT2D eigenvalue weighted by Gasteiger charge is 2.22. The van der Waals surface area contributed by atoms with Gasteiger partial charge in [0.25, 0.3) is 5.91 Å². The van der Waals surface area contributed by atoms with E-state index in [9.17, 15) is 22.8 Å². The van der Waals surface area contributed by atoms with Crippen LogP contribution in [0.25, 0.3) is 10.2 Å². The van der Waals surface area contributed by atoms with Crippen LogP contribution in [0.1, 0.15) is 13.8 Å². The number of carbonyl (C=O) groups is 3. The van der Waals surface area contributed by atoms with Crippen LogP contribution < -0.4 is 9.54 Å². The highest BCUT2D eigenvalue weighted by atomic mass is 32.2. The monoisotopic (exact) mass is 414 g/mol. The standard InChI is InChI=1S/C16H18N2O7S2/c1-4-25-15(21)8-18-12-6-5-11(24-3)7-13(12)26-16(18)17-14(20)9-27(22,23)10(2)19/h5-7H,4,8-9H2,1-3H3. The Kier molecular flexibility index (Phi) is 6.50. The van der Waals surface area contributed by atoms with Gasteiger partial charge < -0.3 is 14.0 Å². The molecule has 0 unspecified atom stereocenters. The molecule has 0 fully saturated rings. The van der Waals surface area contributed by atoms with Crippen molar-refractivity contribution >= 4 is 48.4 Å². The van der Waals surface area contributed by atoms with Gasteiger partial charge in [-0.1, -0.05) is 11.3 Å². The van der Waals surface area contributed by atoms with Crippen molar-refractivity contribution in [1.29, 1.82) is 0 Å². The van der Waals surface area contributed by atoms with E-state index < -0.39 is 32.6 Å². The lowest BCUT2D eigenvalue weighted by Gasteiger charge is -2.05. The highest BCUT2D eigenvalue weighted by molar-refractivity contribution is 8.06. The van der Waals surface area contributed by atoms with Crippen LogP contribution in [-0.4, -0.2) is 49.4 Å². The Labute approximate surface area is 159 Å². The number of rotatable bonds is 6. The van der Waals surface area contributed by atoms with Gasteiger partial charge in [0.05, 0.1) is 23.9 Å². The minimum atomic E-state index is -4.20. The number of esters is 1. The van der Waals surface area contributed by atoms with Gasteiger partial charge in [-0.05, 0) is 25.1 Å². The average molecular weight is 414 g/mol. The molecular formula is C16H18N2O7S2. The molecule has 1 amide bonds. The summed E-state index contributed by atoms with van der Waals surface area (Å²) in [5.41, 5.74) is 0.606. The molecule has 0 bridgehead atoms. The second-order valence-corrected chi connectivity index (χ2v) is 8.47. The average Bonchev–Trinajstić information content (AvgIpc) is 2.90. The smallest absolute Gasteiger partial charge is 0.326 e. The minimum absolute atomic E-state index is 0.120. The van der Waals surface area contributed by atoms with Crippen LogP contribution >= 0.6 is 11.3 Å². The minimum Gasteiger partial charge on any atom is -0.497 e. The largest absolute Gasteiger partial charge is 0.497 e. The second-order valence-electron chi connectivity index (χ2n) is 5.37. The number of amides is 1. The third kappa shape index (κ3) is 5.01. The van der Waals surface area contributed by atoms with E-state index in [0.717, 1.165) is 18.3 Å². The van der Waals surface area contributed by atoms with Crippen molar-refractivity contribution in [2.45, 2.75) is 20.4 Å². The van der Waals surface area contributed by atoms with Crippen LogP contribution in [0.15, 0.2) is 23.2 Å². The molecule has 9 nitrogen and oxygen atoms in total. The summed E-state index contributed by atoms with van der Waals surface area (Å²) < 4.78 is 35.4. The fraction of sp³-hybridized carbons (Fsp3) is 0.375. The molecule has 1 aromatic carbocycles. The predicted octanol–water partition coefficient (Wildman–Crippen LogP) is 0.663. The summed E-state index contributed by atoms with van der Waals surface area (Å²) in [7, 11) is -2.70. The lowest BCUT2D eigenvalue weighted by molar-refractivity contribution is -0.143. The van der Waals surface area contributed by atoms with Crippen molar-refractivity contribution in [2.75, 3.05) is 19.5 Å². The van der Waals surface area contributed by atoms with Gasteiger partial charge in [-0.2, -0.15) is 4.99 Å². The maximum Gasteiger partial charge on any atom is 0.326 e. The van der Waals surface area contributed by atoms with Gasteiger partial charge >= 0.3 is 5.97 Å². The lowest BCUT2D eigenvalue weighted by atomic mass is 10.3. The Bertz CT molecular complexity index is 1060. The zero-order chi connectivity index (χ0) is 20.2. The van der Waals surface area contributed by atoms with Crippen LogP contribution in [-0.2, 0) is 35.5 Å². The number of fused-ring (bicyclic) bond motifs is 1. The number of methoxy groups -OCH3 is 1. The Morgan fingerprint density at radius 3 is 2.56 bits per heavy atom. The quantitative estimate of drug-likeness (QED) is 0.637. The first-order valence-corrected chi connectivity index (χ1v) is 10.3. The van der Waals surface area contributed by atoms with Gasteiger partial charge in [-0.3, -0.25) is 14.4 Å². The summed E-state index contributed by atoms with van der Waals surface area (Å²) in [5.74, 6) is -1.98. The molecule has 146 valence electrons. The molecule has 27 heavy (non-hydrogen) atoms. The topological polar surface area (TPSA) is 121 Å². The third-order valence-electron chi connectivity index (χ3n) is 3.45. The summed E-state index contributed by atoms with van der Waals surface area (Å²) in [5, 5.41) is -1.11. The fourth-order valence-electron chi connectivity index (χ4n) is 2.16. The number of hydrogen-bond acceptors (Lipinski definition) is 8. The van der Waals surface area contributed by atoms with E-state index in [4.69, 9.17) is 9.47 Å². The number of sulfone groups is 1. The molecule has 0 radical (unpaired) electrons. The highest BCUT2D eigenvalue weighted by Crippen LogP contribution is 2.23. The van der Waals surface area contributed by atoms with E-state index in [1.807, 2.05) is 0 Å². The molecule has 0 N–H and O–H groups in total. The van der Waals surface area contributed by atoms with Crippen molar-refractivity contribution < 1.29 is 32.3 Å². The fourth-order valence-corrected chi connectivity index (χ4v) is 3.83. The lowest BCUT2D eigenvalue weighted by Crippen LogP contribution is -2.26. The number of benzene rings is 1. The molecule has 0 spiro atoms. The SMILES string of the molecule is CCOC(=O)Cn1c(=NC(=O)CS(=O)(=O)C(C)=O)sc2cc(OC)ccc21. The van der Waals surface area contributed by atoms with Gasteiger partial charge in [0, 0.05) is 6.92 Å². The van der Waals surface area contributed by atoms with Crippen LogP contribution in [0.2, 0.25) is 0 Å². The molecule has 0 aliphatic rings. The zero-order valence-corrected chi connectivity index (χ0v) is 16.6. The Morgan fingerprint density at radius 1 is 1.26 bits per heavy atom. The first kappa shape index (κ1) is 20.8. The maximum absolute atomic E-state index is 12.1. The number of ether oxygens (including phenoxy) is 2. The number of hydrogen-bond donors (Lipinski definition) is 0. The number of nitrogens with zero attached hydrogens (tertiary/aromatic N) is 2. The number of carbonyl (C=O) groups excluding carboxylic acids is 3. The van der Waals surface area contributed by atoms with Crippen LogP contribution in [0.4, 0.5) is 0 Å². The first-order chi connectivity index (χ1) is 12.7. The van der Waals surface area contributed by atoms with Crippen LogP contribution in [0.3, 0.4) is 0 Å². The molecule has 0 aliphatic carbocycles. The first-order valence-electron chi connectivity index (χ1n) is 7.81. The molecular weight excluding hydrogens is 396 g/mol. The summed E-state index contributed by atoms with van der Waals surface area (Å²) in [4.78, 5) is 39.0. The van der Waals surface area contributed by atoms with Crippen molar-refractivity contribution in [2.24, 2.45) is 4.99 Å². The van der Waals surface area contributed by atoms with E-state index in [2.05, 4.69) is 4.99 Å². The van der Waals surface area contributed by atoms with E-state index in [-0.39, 0.29) is 18.0 Å². The van der Waals surface area contributed by atoms with Gasteiger partial charge in [-0.15, -0.1) is 0 Å².